The normalized spacial score (nSPS) is 10.2. The number of nitrogens with zero attached hydrogens (tertiary/aromatic N) is 1. The average Bonchev–Trinajstić information content (AvgIpc) is 2.78. The Kier molecular flexibility index (Phi) is 3.61. The van der Waals surface area contributed by atoms with Crippen LogP contribution in [0.25, 0.3) is 0 Å². The SMILES string of the molecule is N=C(N)c1c(Cl)cccc1OCc1nccs1. The minimum atomic E-state index is -0.107. The van der Waals surface area contributed by atoms with Gasteiger partial charge in [0, 0.05) is 11.6 Å². The lowest BCUT2D eigenvalue weighted by molar-refractivity contribution is 0.305. The minimum Gasteiger partial charge on any atom is -0.486 e. The summed E-state index contributed by atoms with van der Waals surface area (Å²) in [4.78, 5) is 4.10. The number of thiazole rings is 1. The lowest BCUT2D eigenvalue weighted by Gasteiger charge is -2.10. The Morgan fingerprint density at radius 1 is 1.53 bits per heavy atom. The maximum Gasteiger partial charge on any atom is 0.140 e. The first kappa shape index (κ1) is 11.9. The monoisotopic (exact) mass is 267 g/mol. The van der Waals surface area contributed by atoms with Crippen LogP contribution < -0.4 is 10.5 Å². The van der Waals surface area contributed by atoms with Gasteiger partial charge in [0.2, 0.25) is 0 Å². The number of ether oxygens (including phenoxy) is 1. The van der Waals surface area contributed by atoms with Gasteiger partial charge in [0.1, 0.15) is 23.2 Å². The smallest absolute Gasteiger partial charge is 0.140 e. The van der Waals surface area contributed by atoms with Crippen LogP contribution in [0.15, 0.2) is 29.8 Å². The molecule has 1 aromatic heterocycles. The fourth-order valence-corrected chi connectivity index (χ4v) is 2.14. The third-order valence-corrected chi connectivity index (χ3v) is 3.15. The van der Waals surface area contributed by atoms with Crippen LogP contribution in [-0.2, 0) is 6.61 Å². The van der Waals surface area contributed by atoms with Gasteiger partial charge in [0.15, 0.2) is 0 Å². The second-order valence-corrected chi connectivity index (χ2v) is 4.63. The van der Waals surface area contributed by atoms with Crippen molar-refractivity contribution in [3.05, 3.63) is 45.4 Å². The molecule has 1 heterocycles. The quantitative estimate of drug-likeness (QED) is 0.661. The number of benzene rings is 1. The molecule has 2 rings (SSSR count). The number of nitrogens with one attached hydrogen (secondary N) is 1. The molecule has 0 aliphatic carbocycles. The zero-order valence-corrected chi connectivity index (χ0v) is 10.4. The molecule has 4 nitrogen and oxygen atoms in total. The van der Waals surface area contributed by atoms with E-state index in [2.05, 4.69) is 4.98 Å². The predicted octanol–water partition coefficient (Wildman–Crippen LogP) is 2.66. The van der Waals surface area contributed by atoms with Crippen molar-refractivity contribution in [1.82, 2.24) is 4.98 Å². The Labute approximate surface area is 108 Å². The molecule has 6 heteroatoms. The Morgan fingerprint density at radius 3 is 3.00 bits per heavy atom. The molecule has 2 aromatic rings. The summed E-state index contributed by atoms with van der Waals surface area (Å²) in [5.41, 5.74) is 5.89. The van der Waals surface area contributed by atoms with E-state index >= 15 is 0 Å². The maximum absolute atomic E-state index is 7.47. The topological polar surface area (TPSA) is 72.0 Å². The Bertz CT molecular complexity index is 528. The number of aromatic nitrogens is 1. The number of halogens is 1. The van der Waals surface area contributed by atoms with E-state index in [0.29, 0.717) is 22.9 Å². The number of hydrogen-bond donors (Lipinski definition) is 2. The first-order valence-corrected chi connectivity index (χ1v) is 6.08. The van der Waals surface area contributed by atoms with Gasteiger partial charge in [-0.05, 0) is 12.1 Å². The predicted molar refractivity (Wildman–Crippen MR) is 68.9 cm³/mol. The number of nitrogen functional groups attached to an aromatic ring is 1. The summed E-state index contributed by atoms with van der Waals surface area (Å²) in [5.74, 6) is 0.393. The third-order valence-electron chi connectivity index (χ3n) is 2.08. The molecule has 0 atom stereocenters. The Balaban J connectivity index is 2.21. The molecule has 0 aliphatic heterocycles. The van der Waals surface area contributed by atoms with Crippen LogP contribution in [0.5, 0.6) is 5.75 Å². The summed E-state index contributed by atoms with van der Waals surface area (Å²) in [6.45, 7) is 0.346. The van der Waals surface area contributed by atoms with Gasteiger partial charge >= 0.3 is 0 Å². The summed E-state index contributed by atoms with van der Waals surface area (Å²) in [6, 6.07) is 5.16. The van der Waals surface area contributed by atoms with Crippen LogP contribution in [0, 0.1) is 5.41 Å². The van der Waals surface area contributed by atoms with E-state index < -0.39 is 0 Å². The van der Waals surface area contributed by atoms with E-state index in [0.717, 1.165) is 5.01 Å². The fourth-order valence-electron chi connectivity index (χ4n) is 1.35. The van der Waals surface area contributed by atoms with E-state index in [1.165, 1.54) is 11.3 Å². The zero-order chi connectivity index (χ0) is 12.3. The maximum atomic E-state index is 7.47. The van der Waals surface area contributed by atoms with Gasteiger partial charge in [-0.15, -0.1) is 11.3 Å². The zero-order valence-electron chi connectivity index (χ0n) is 8.81. The number of rotatable bonds is 4. The van der Waals surface area contributed by atoms with E-state index in [4.69, 9.17) is 27.5 Å². The number of hydrogen-bond acceptors (Lipinski definition) is 4. The molecule has 88 valence electrons. The molecular weight excluding hydrogens is 258 g/mol. The molecule has 0 saturated heterocycles. The Morgan fingerprint density at radius 2 is 2.35 bits per heavy atom. The van der Waals surface area contributed by atoms with E-state index in [1.54, 1.807) is 24.4 Å². The first-order chi connectivity index (χ1) is 8.18. The summed E-state index contributed by atoms with van der Waals surface area (Å²) < 4.78 is 5.57. The molecule has 17 heavy (non-hydrogen) atoms. The van der Waals surface area contributed by atoms with Crippen molar-refractivity contribution >= 4 is 28.8 Å². The van der Waals surface area contributed by atoms with Crippen LogP contribution in [0.3, 0.4) is 0 Å². The first-order valence-electron chi connectivity index (χ1n) is 4.82. The molecule has 0 aliphatic rings. The highest BCUT2D eigenvalue weighted by molar-refractivity contribution is 7.09. The van der Waals surface area contributed by atoms with Crippen molar-refractivity contribution < 1.29 is 4.74 Å². The summed E-state index contributed by atoms with van der Waals surface area (Å²) in [5, 5.41) is 10.6. The van der Waals surface area contributed by atoms with Gasteiger partial charge in [-0.1, -0.05) is 17.7 Å². The second-order valence-electron chi connectivity index (χ2n) is 3.24. The van der Waals surface area contributed by atoms with E-state index in [9.17, 15) is 0 Å². The molecule has 0 spiro atoms. The fraction of sp³-hybridized carbons (Fsp3) is 0.0909. The molecule has 0 amide bonds. The van der Waals surface area contributed by atoms with Crippen molar-refractivity contribution in [2.24, 2.45) is 5.73 Å². The van der Waals surface area contributed by atoms with Crippen LogP contribution in [0.2, 0.25) is 5.02 Å². The molecule has 0 fully saturated rings. The van der Waals surface area contributed by atoms with Gasteiger partial charge in [0.05, 0.1) is 10.6 Å². The third kappa shape index (κ3) is 2.75. The lowest BCUT2D eigenvalue weighted by Crippen LogP contribution is -2.13. The van der Waals surface area contributed by atoms with Gasteiger partial charge in [-0.3, -0.25) is 5.41 Å². The molecule has 3 N–H and O–H groups in total. The molecule has 1 aromatic carbocycles. The molecule has 0 radical (unpaired) electrons. The number of amidine groups is 1. The average molecular weight is 268 g/mol. The van der Waals surface area contributed by atoms with E-state index in [-0.39, 0.29) is 5.84 Å². The Hall–Kier alpha value is -1.59. The highest BCUT2D eigenvalue weighted by Gasteiger charge is 2.11. The van der Waals surface area contributed by atoms with Crippen molar-refractivity contribution in [2.75, 3.05) is 0 Å². The summed E-state index contributed by atoms with van der Waals surface area (Å²) in [6.07, 6.45) is 1.72. The van der Waals surface area contributed by atoms with Crippen LogP contribution in [0.1, 0.15) is 10.6 Å². The molecule has 0 bridgehead atoms. The van der Waals surface area contributed by atoms with Crippen LogP contribution in [0.4, 0.5) is 0 Å². The second kappa shape index (κ2) is 5.16. The van der Waals surface area contributed by atoms with Crippen molar-refractivity contribution in [1.29, 1.82) is 5.41 Å². The van der Waals surface area contributed by atoms with Crippen LogP contribution in [-0.4, -0.2) is 10.8 Å². The summed E-state index contributed by atoms with van der Waals surface area (Å²) in [7, 11) is 0. The van der Waals surface area contributed by atoms with Gasteiger partial charge in [-0.2, -0.15) is 0 Å². The van der Waals surface area contributed by atoms with Gasteiger partial charge < -0.3 is 10.5 Å². The molecule has 0 unspecified atom stereocenters. The highest BCUT2D eigenvalue weighted by atomic mass is 35.5. The minimum absolute atomic E-state index is 0.107. The van der Waals surface area contributed by atoms with Crippen molar-refractivity contribution in [3.63, 3.8) is 0 Å². The van der Waals surface area contributed by atoms with Crippen molar-refractivity contribution in [3.8, 4) is 5.75 Å². The lowest BCUT2D eigenvalue weighted by atomic mass is 10.2. The highest BCUT2D eigenvalue weighted by Crippen LogP contribution is 2.26. The molecule has 0 saturated carbocycles. The largest absolute Gasteiger partial charge is 0.486 e. The molecular formula is C11H10ClN3OS. The van der Waals surface area contributed by atoms with Gasteiger partial charge in [-0.25, -0.2) is 4.98 Å². The number of nitrogens with two attached hydrogens (primary N) is 1. The van der Waals surface area contributed by atoms with Gasteiger partial charge in [0.25, 0.3) is 0 Å². The summed E-state index contributed by atoms with van der Waals surface area (Å²) >= 11 is 7.48. The van der Waals surface area contributed by atoms with Crippen molar-refractivity contribution in [2.45, 2.75) is 6.61 Å². The van der Waals surface area contributed by atoms with Crippen LogP contribution >= 0.6 is 22.9 Å². The standard InChI is InChI=1S/C11H10ClN3OS/c12-7-2-1-3-8(10(7)11(13)14)16-6-9-15-4-5-17-9/h1-5H,6H2,(H3,13,14). The van der Waals surface area contributed by atoms with E-state index in [1.807, 2.05) is 5.38 Å².